The molecule has 0 radical (unpaired) electrons. The number of nitrogens with zero attached hydrogens (tertiary/aromatic N) is 3. The van der Waals surface area contributed by atoms with Crippen molar-refractivity contribution in [1.29, 1.82) is 0 Å². The van der Waals surface area contributed by atoms with Gasteiger partial charge in [0.2, 0.25) is 5.95 Å². The Balaban J connectivity index is 2.18. The molecule has 1 amide bonds. The zero-order valence-electron chi connectivity index (χ0n) is 8.48. The maximum absolute atomic E-state index is 11.7. The average Bonchev–Trinajstić information content (AvgIpc) is 2.75. The molecule has 0 unspecified atom stereocenters. The molecular formula is C9H11N5O. The first-order valence-corrected chi connectivity index (χ1v) is 4.48. The molecule has 2 aromatic heterocycles. The molecule has 2 N–H and O–H groups in total. The van der Waals surface area contributed by atoms with Gasteiger partial charge in [0.25, 0.3) is 5.91 Å². The van der Waals surface area contributed by atoms with Crippen molar-refractivity contribution in [3.63, 3.8) is 0 Å². The van der Waals surface area contributed by atoms with Crippen LogP contribution in [0.5, 0.6) is 0 Å². The molecule has 78 valence electrons. The van der Waals surface area contributed by atoms with Crippen LogP contribution in [0.15, 0.2) is 18.5 Å². The van der Waals surface area contributed by atoms with Crippen LogP contribution in [-0.2, 0) is 7.05 Å². The predicted molar refractivity (Wildman–Crippen MR) is 54.5 cm³/mol. The van der Waals surface area contributed by atoms with Crippen LogP contribution in [0.4, 0.5) is 5.95 Å². The second-order valence-electron chi connectivity index (χ2n) is 3.19. The Hall–Kier alpha value is -2.11. The van der Waals surface area contributed by atoms with Crippen LogP contribution in [0.2, 0.25) is 0 Å². The number of hydrogen-bond acceptors (Lipinski definition) is 3. The van der Waals surface area contributed by atoms with Crippen LogP contribution in [0.3, 0.4) is 0 Å². The van der Waals surface area contributed by atoms with E-state index >= 15 is 0 Å². The van der Waals surface area contributed by atoms with Gasteiger partial charge in [-0.3, -0.25) is 14.8 Å². The van der Waals surface area contributed by atoms with Crippen molar-refractivity contribution in [2.75, 3.05) is 5.32 Å². The molecule has 6 nitrogen and oxygen atoms in total. The number of carbonyl (C=O) groups is 1. The zero-order valence-corrected chi connectivity index (χ0v) is 8.48. The Kier molecular flexibility index (Phi) is 2.24. The lowest BCUT2D eigenvalue weighted by Gasteiger charge is -2.01. The molecule has 2 aromatic rings. The third kappa shape index (κ3) is 1.88. The van der Waals surface area contributed by atoms with Crippen LogP contribution in [0.1, 0.15) is 16.2 Å². The van der Waals surface area contributed by atoms with Crippen LogP contribution < -0.4 is 5.32 Å². The number of nitrogens with one attached hydrogen (secondary N) is 2. The summed E-state index contributed by atoms with van der Waals surface area (Å²) in [7, 11) is 1.73. The Morgan fingerprint density at radius 1 is 1.60 bits per heavy atom. The number of amides is 1. The van der Waals surface area contributed by atoms with Gasteiger partial charge in [-0.15, -0.1) is 0 Å². The average molecular weight is 205 g/mol. The van der Waals surface area contributed by atoms with E-state index in [9.17, 15) is 4.79 Å². The summed E-state index contributed by atoms with van der Waals surface area (Å²) in [4.78, 5) is 18.4. The third-order valence-corrected chi connectivity index (χ3v) is 1.96. The predicted octanol–water partition coefficient (Wildman–Crippen LogP) is 0.704. The van der Waals surface area contributed by atoms with Gasteiger partial charge >= 0.3 is 0 Å². The molecule has 15 heavy (non-hydrogen) atoms. The third-order valence-electron chi connectivity index (χ3n) is 1.96. The van der Waals surface area contributed by atoms with Crippen LogP contribution >= 0.6 is 0 Å². The largest absolute Gasteiger partial charge is 0.331 e. The van der Waals surface area contributed by atoms with Crippen molar-refractivity contribution in [3.05, 3.63) is 29.8 Å². The van der Waals surface area contributed by atoms with Gasteiger partial charge in [-0.1, -0.05) is 0 Å². The number of carbonyl (C=O) groups excluding carboxylic acids is 1. The SMILES string of the molecule is Cc1cc(C(=O)Nc2ncc[nH]2)n(C)n1. The van der Waals surface area contributed by atoms with Crippen molar-refractivity contribution in [2.24, 2.45) is 7.05 Å². The van der Waals surface area contributed by atoms with E-state index < -0.39 is 0 Å². The second kappa shape index (κ2) is 3.56. The lowest BCUT2D eigenvalue weighted by atomic mass is 10.3. The summed E-state index contributed by atoms with van der Waals surface area (Å²) in [6.45, 7) is 1.84. The molecule has 0 aliphatic rings. The minimum Gasteiger partial charge on any atom is -0.331 e. The Morgan fingerprint density at radius 3 is 2.93 bits per heavy atom. The van der Waals surface area contributed by atoms with E-state index in [2.05, 4.69) is 20.4 Å². The molecule has 0 saturated carbocycles. The van der Waals surface area contributed by atoms with Gasteiger partial charge in [-0.05, 0) is 13.0 Å². The molecule has 0 bridgehead atoms. The molecular weight excluding hydrogens is 194 g/mol. The number of H-pyrrole nitrogens is 1. The lowest BCUT2D eigenvalue weighted by Crippen LogP contribution is -2.16. The zero-order chi connectivity index (χ0) is 10.8. The Labute approximate surface area is 86.3 Å². The standard InChI is InChI=1S/C9H11N5O/c1-6-5-7(14(2)13-6)8(15)12-9-10-3-4-11-9/h3-5H,1-2H3,(H2,10,11,12,15). The summed E-state index contributed by atoms with van der Waals surface area (Å²) in [6.07, 6.45) is 3.22. The van der Waals surface area contributed by atoms with Crippen molar-refractivity contribution < 1.29 is 4.79 Å². The van der Waals surface area contributed by atoms with Gasteiger partial charge in [-0.2, -0.15) is 5.10 Å². The number of imidazole rings is 1. The molecule has 0 atom stereocenters. The van der Waals surface area contributed by atoms with E-state index in [1.165, 1.54) is 4.68 Å². The molecule has 6 heteroatoms. The number of anilines is 1. The van der Waals surface area contributed by atoms with Crippen molar-refractivity contribution in [1.82, 2.24) is 19.7 Å². The summed E-state index contributed by atoms with van der Waals surface area (Å²) in [5.41, 5.74) is 1.31. The van der Waals surface area contributed by atoms with Gasteiger partial charge in [-0.25, -0.2) is 4.98 Å². The fraction of sp³-hybridized carbons (Fsp3) is 0.222. The molecule has 0 aliphatic heterocycles. The molecule has 2 heterocycles. The fourth-order valence-electron chi connectivity index (χ4n) is 1.33. The summed E-state index contributed by atoms with van der Waals surface area (Å²) in [5, 5.41) is 6.71. The fourth-order valence-corrected chi connectivity index (χ4v) is 1.33. The molecule has 0 aliphatic carbocycles. The first-order valence-electron chi connectivity index (χ1n) is 4.48. The normalized spacial score (nSPS) is 10.3. The number of rotatable bonds is 2. The number of aromatic amines is 1. The molecule has 2 rings (SSSR count). The minimum absolute atomic E-state index is 0.229. The van der Waals surface area contributed by atoms with Crippen LogP contribution in [0.25, 0.3) is 0 Å². The minimum atomic E-state index is -0.229. The van der Waals surface area contributed by atoms with Gasteiger partial charge in [0.15, 0.2) is 0 Å². The van der Waals surface area contributed by atoms with Crippen molar-refractivity contribution in [3.8, 4) is 0 Å². The highest BCUT2D eigenvalue weighted by Crippen LogP contribution is 2.04. The summed E-state index contributed by atoms with van der Waals surface area (Å²) in [6, 6.07) is 1.72. The quantitative estimate of drug-likeness (QED) is 0.757. The van der Waals surface area contributed by atoms with Crippen LogP contribution in [0, 0.1) is 6.92 Å². The number of aromatic nitrogens is 4. The topological polar surface area (TPSA) is 75.6 Å². The van der Waals surface area contributed by atoms with E-state index in [1.54, 1.807) is 25.5 Å². The Morgan fingerprint density at radius 2 is 2.40 bits per heavy atom. The number of hydrogen-bond donors (Lipinski definition) is 2. The van der Waals surface area contributed by atoms with E-state index in [0.717, 1.165) is 5.69 Å². The van der Waals surface area contributed by atoms with Gasteiger partial charge in [0.05, 0.1) is 5.69 Å². The highest BCUT2D eigenvalue weighted by Gasteiger charge is 2.12. The van der Waals surface area contributed by atoms with E-state index in [4.69, 9.17) is 0 Å². The molecule has 0 fully saturated rings. The maximum atomic E-state index is 11.7. The molecule has 0 spiro atoms. The summed E-state index contributed by atoms with van der Waals surface area (Å²) >= 11 is 0. The first kappa shape index (κ1) is 9.45. The highest BCUT2D eigenvalue weighted by molar-refractivity contribution is 6.02. The maximum Gasteiger partial charge on any atom is 0.276 e. The smallest absolute Gasteiger partial charge is 0.276 e. The van der Waals surface area contributed by atoms with E-state index in [1.807, 2.05) is 6.92 Å². The van der Waals surface area contributed by atoms with E-state index in [-0.39, 0.29) is 5.91 Å². The van der Waals surface area contributed by atoms with Crippen molar-refractivity contribution >= 4 is 11.9 Å². The lowest BCUT2D eigenvalue weighted by molar-refractivity contribution is 0.101. The van der Waals surface area contributed by atoms with Gasteiger partial charge in [0.1, 0.15) is 5.69 Å². The van der Waals surface area contributed by atoms with Crippen LogP contribution in [-0.4, -0.2) is 25.7 Å². The summed E-state index contributed by atoms with van der Waals surface area (Å²) in [5.74, 6) is 0.201. The molecule has 0 aromatic carbocycles. The second-order valence-corrected chi connectivity index (χ2v) is 3.19. The summed E-state index contributed by atoms with van der Waals surface area (Å²) < 4.78 is 1.54. The van der Waals surface area contributed by atoms with Crippen molar-refractivity contribution in [2.45, 2.75) is 6.92 Å². The Bertz CT molecular complexity index is 471. The monoisotopic (exact) mass is 205 g/mol. The van der Waals surface area contributed by atoms with Gasteiger partial charge < -0.3 is 4.98 Å². The first-order chi connectivity index (χ1) is 7.16. The van der Waals surface area contributed by atoms with E-state index in [0.29, 0.717) is 11.6 Å². The molecule has 0 saturated heterocycles. The number of aryl methyl sites for hydroxylation is 2. The van der Waals surface area contributed by atoms with Gasteiger partial charge in [0, 0.05) is 19.4 Å². The highest BCUT2D eigenvalue weighted by atomic mass is 16.2.